The largest absolute Gasteiger partial charge is 0.374 e. The molecule has 18 heavy (non-hydrogen) atoms. The zero-order valence-electron chi connectivity index (χ0n) is 10.9. The number of hydrogen-bond acceptors (Lipinski definition) is 2. The first-order valence-corrected chi connectivity index (χ1v) is 6.42. The zero-order chi connectivity index (χ0) is 13.1. The Morgan fingerprint density at radius 3 is 2.78 bits per heavy atom. The summed E-state index contributed by atoms with van der Waals surface area (Å²) in [6, 6.07) is 5.30. The molecule has 0 aliphatic heterocycles. The van der Waals surface area contributed by atoms with Gasteiger partial charge in [-0.25, -0.2) is 4.39 Å². The number of anilines is 1. The van der Waals surface area contributed by atoms with Crippen molar-refractivity contribution in [3.8, 4) is 0 Å². The minimum Gasteiger partial charge on any atom is -0.374 e. The van der Waals surface area contributed by atoms with E-state index < -0.39 is 0 Å². The normalized spacial score (nSPS) is 14.4. The fraction of sp³-hybridized carbons (Fsp3) is 0.500. The molecule has 1 saturated carbocycles. The van der Waals surface area contributed by atoms with Gasteiger partial charge in [0.25, 0.3) is 0 Å². The number of carbonyl (C=O) groups excluding carboxylic acids is 1. The number of likely N-dealkylation sites (N-methyl/N-ethyl adjacent to an activating group) is 1. The van der Waals surface area contributed by atoms with E-state index in [2.05, 4.69) is 5.32 Å². The molecule has 1 N–H and O–H groups in total. The van der Waals surface area contributed by atoms with E-state index in [1.165, 1.54) is 6.07 Å². The lowest BCUT2D eigenvalue weighted by Crippen LogP contribution is -2.37. The van der Waals surface area contributed by atoms with Gasteiger partial charge >= 0.3 is 0 Å². The van der Waals surface area contributed by atoms with Gasteiger partial charge in [0.2, 0.25) is 5.91 Å². The quantitative estimate of drug-likeness (QED) is 0.871. The Labute approximate surface area is 107 Å². The summed E-state index contributed by atoms with van der Waals surface area (Å²) in [7, 11) is 0. The molecule has 3 nitrogen and oxygen atoms in total. The maximum Gasteiger partial charge on any atom is 0.242 e. The number of amides is 1. The van der Waals surface area contributed by atoms with Crippen LogP contribution in [-0.4, -0.2) is 29.9 Å². The number of hydrogen-bond donors (Lipinski definition) is 1. The van der Waals surface area contributed by atoms with Gasteiger partial charge in [-0.15, -0.1) is 0 Å². The second-order valence-electron chi connectivity index (χ2n) is 4.70. The average molecular weight is 250 g/mol. The molecule has 1 aromatic rings. The molecule has 0 radical (unpaired) electrons. The molecule has 0 atom stereocenters. The first-order chi connectivity index (χ1) is 8.63. The summed E-state index contributed by atoms with van der Waals surface area (Å²) in [4.78, 5) is 13.9. The van der Waals surface area contributed by atoms with Crippen molar-refractivity contribution in [2.45, 2.75) is 32.7 Å². The number of nitrogens with zero attached hydrogens (tertiary/aromatic N) is 1. The van der Waals surface area contributed by atoms with Crippen LogP contribution < -0.4 is 5.32 Å². The van der Waals surface area contributed by atoms with Crippen molar-refractivity contribution in [3.63, 3.8) is 0 Å². The van der Waals surface area contributed by atoms with Crippen LogP contribution in [0.4, 0.5) is 10.1 Å². The standard InChI is InChI=1S/C14H19FN2O/c1-3-17(11-7-8-11)13(18)9-16-14-10(2)5-4-6-12(14)15/h4-6,11,16H,3,7-9H2,1-2H3. The molecule has 1 aliphatic rings. The number of para-hydroxylation sites is 1. The average Bonchev–Trinajstić information content (AvgIpc) is 3.14. The molecule has 0 bridgehead atoms. The fourth-order valence-corrected chi connectivity index (χ4v) is 2.15. The lowest BCUT2D eigenvalue weighted by molar-refractivity contribution is -0.129. The van der Waals surface area contributed by atoms with Gasteiger partial charge in [0, 0.05) is 12.6 Å². The molecule has 0 unspecified atom stereocenters. The van der Waals surface area contributed by atoms with Crippen molar-refractivity contribution in [2.24, 2.45) is 0 Å². The molecule has 0 heterocycles. The molecule has 0 spiro atoms. The Morgan fingerprint density at radius 1 is 1.50 bits per heavy atom. The number of rotatable bonds is 5. The van der Waals surface area contributed by atoms with E-state index in [0.717, 1.165) is 24.9 Å². The van der Waals surface area contributed by atoms with Crippen LogP contribution in [0.25, 0.3) is 0 Å². The number of benzene rings is 1. The highest BCUT2D eigenvalue weighted by atomic mass is 19.1. The summed E-state index contributed by atoms with van der Waals surface area (Å²) in [6.07, 6.45) is 2.19. The molecule has 1 amide bonds. The van der Waals surface area contributed by atoms with Crippen LogP contribution in [0.3, 0.4) is 0 Å². The SMILES string of the molecule is CCN(C(=O)CNc1c(C)cccc1F)C1CC1. The third-order valence-corrected chi connectivity index (χ3v) is 3.29. The van der Waals surface area contributed by atoms with Crippen molar-refractivity contribution >= 4 is 11.6 Å². The number of carbonyl (C=O) groups is 1. The second kappa shape index (κ2) is 5.38. The molecule has 1 aromatic carbocycles. The third kappa shape index (κ3) is 2.81. The number of aryl methyl sites for hydroxylation is 1. The van der Waals surface area contributed by atoms with Crippen LogP contribution in [0, 0.1) is 12.7 Å². The van der Waals surface area contributed by atoms with E-state index >= 15 is 0 Å². The number of nitrogens with one attached hydrogen (secondary N) is 1. The smallest absolute Gasteiger partial charge is 0.242 e. The molecule has 0 aromatic heterocycles. The second-order valence-corrected chi connectivity index (χ2v) is 4.70. The van der Waals surface area contributed by atoms with Crippen LogP contribution in [-0.2, 0) is 4.79 Å². The van der Waals surface area contributed by atoms with E-state index in [4.69, 9.17) is 0 Å². The lowest BCUT2D eigenvalue weighted by atomic mass is 10.2. The Kier molecular flexibility index (Phi) is 3.84. The summed E-state index contributed by atoms with van der Waals surface area (Å²) in [5.74, 6) is -0.264. The monoisotopic (exact) mass is 250 g/mol. The van der Waals surface area contributed by atoms with Crippen molar-refractivity contribution in [1.82, 2.24) is 4.90 Å². The highest BCUT2D eigenvalue weighted by Crippen LogP contribution is 2.26. The third-order valence-electron chi connectivity index (χ3n) is 3.29. The minimum absolute atomic E-state index is 0.0441. The summed E-state index contributed by atoms with van der Waals surface area (Å²) in [5, 5.41) is 2.91. The van der Waals surface area contributed by atoms with E-state index in [-0.39, 0.29) is 18.3 Å². The van der Waals surface area contributed by atoms with E-state index in [1.807, 2.05) is 24.8 Å². The predicted molar refractivity (Wildman–Crippen MR) is 70.0 cm³/mol. The van der Waals surface area contributed by atoms with Crippen LogP contribution >= 0.6 is 0 Å². The Balaban J connectivity index is 1.96. The van der Waals surface area contributed by atoms with Gasteiger partial charge < -0.3 is 10.2 Å². The molecular weight excluding hydrogens is 231 g/mol. The van der Waals surface area contributed by atoms with Gasteiger partial charge in [-0.2, -0.15) is 0 Å². The maximum absolute atomic E-state index is 13.6. The van der Waals surface area contributed by atoms with Crippen LogP contribution in [0.2, 0.25) is 0 Å². The van der Waals surface area contributed by atoms with Gasteiger partial charge in [-0.1, -0.05) is 12.1 Å². The first-order valence-electron chi connectivity index (χ1n) is 6.42. The van der Waals surface area contributed by atoms with E-state index in [0.29, 0.717) is 11.7 Å². The summed E-state index contributed by atoms with van der Waals surface area (Å²) in [5.41, 5.74) is 1.25. The summed E-state index contributed by atoms with van der Waals surface area (Å²) >= 11 is 0. The van der Waals surface area contributed by atoms with E-state index in [9.17, 15) is 9.18 Å². The Bertz CT molecular complexity index is 423. The Morgan fingerprint density at radius 2 is 2.22 bits per heavy atom. The highest BCUT2D eigenvalue weighted by molar-refractivity contribution is 5.81. The molecule has 1 fully saturated rings. The van der Waals surface area contributed by atoms with Gasteiger partial charge in [0.1, 0.15) is 5.82 Å². The van der Waals surface area contributed by atoms with Crippen molar-refractivity contribution in [1.29, 1.82) is 0 Å². The van der Waals surface area contributed by atoms with Crippen molar-refractivity contribution in [2.75, 3.05) is 18.4 Å². The fourth-order valence-electron chi connectivity index (χ4n) is 2.15. The number of halogens is 1. The molecular formula is C14H19FN2O. The van der Waals surface area contributed by atoms with Gasteiger partial charge in [-0.05, 0) is 38.3 Å². The van der Waals surface area contributed by atoms with Crippen LogP contribution in [0.5, 0.6) is 0 Å². The first kappa shape index (κ1) is 12.9. The molecule has 0 saturated heterocycles. The van der Waals surface area contributed by atoms with Gasteiger partial charge in [0.15, 0.2) is 0 Å². The maximum atomic E-state index is 13.6. The van der Waals surface area contributed by atoms with Gasteiger partial charge in [0.05, 0.1) is 12.2 Å². The van der Waals surface area contributed by atoms with Crippen LogP contribution in [0.15, 0.2) is 18.2 Å². The summed E-state index contributed by atoms with van der Waals surface area (Å²) < 4.78 is 13.6. The Hall–Kier alpha value is -1.58. The molecule has 2 rings (SSSR count). The van der Waals surface area contributed by atoms with Crippen molar-refractivity contribution < 1.29 is 9.18 Å². The predicted octanol–water partition coefficient (Wildman–Crippen LogP) is 2.56. The minimum atomic E-state index is -0.308. The zero-order valence-corrected chi connectivity index (χ0v) is 10.9. The van der Waals surface area contributed by atoms with Crippen LogP contribution in [0.1, 0.15) is 25.3 Å². The van der Waals surface area contributed by atoms with Gasteiger partial charge in [-0.3, -0.25) is 4.79 Å². The van der Waals surface area contributed by atoms with E-state index in [1.54, 1.807) is 6.07 Å². The van der Waals surface area contributed by atoms with Crippen molar-refractivity contribution in [3.05, 3.63) is 29.6 Å². The summed E-state index contributed by atoms with van der Waals surface area (Å²) in [6.45, 7) is 4.69. The lowest BCUT2D eigenvalue weighted by Gasteiger charge is -2.21. The molecule has 1 aliphatic carbocycles. The topological polar surface area (TPSA) is 32.3 Å². The molecule has 4 heteroatoms. The molecule has 98 valence electrons. The highest BCUT2D eigenvalue weighted by Gasteiger charge is 2.31.